The van der Waals surface area contributed by atoms with Gasteiger partial charge in [-0.1, -0.05) is 39.0 Å². The molecule has 0 spiro atoms. The van der Waals surface area contributed by atoms with Crippen LogP contribution >= 0.6 is 0 Å². The molecule has 1 saturated heterocycles. The van der Waals surface area contributed by atoms with E-state index in [4.69, 9.17) is 4.42 Å². The number of aromatic nitrogens is 1. The average molecular weight is 478 g/mol. The molecular formula is C24H25F3N2O5. The topological polar surface area (TPSA) is 84.9 Å². The second kappa shape index (κ2) is 8.11. The summed E-state index contributed by atoms with van der Waals surface area (Å²) < 4.78 is 48.1. The van der Waals surface area contributed by atoms with E-state index in [1.165, 1.54) is 33.7 Å². The summed E-state index contributed by atoms with van der Waals surface area (Å²) in [5, 5.41) is 9.84. The SMILES string of the molecule is CC(C)(C)[C@@]1(Cn2c(=O)oc3ccc(-c4ccc(OC(F)(F)F)cc4)cc32)CCCN1C(=O)O. The Bertz CT molecular complexity index is 1270. The number of halogens is 3. The first-order chi connectivity index (χ1) is 15.8. The quantitative estimate of drug-likeness (QED) is 0.519. The van der Waals surface area contributed by atoms with Gasteiger partial charge in [-0.05, 0) is 53.6 Å². The first-order valence-electron chi connectivity index (χ1n) is 10.8. The van der Waals surface area contributed by atoms with Crippen molar-refractivity contribution in [1.82, 2.24) is 9.47 Å². The second-order valence-electron chi connectivity index (χ2n) is 9.53. The minimum atomic E-state index is -4.78. The lowest BCUT2D eigenvalue weighted by atomic mass is 9.71. The number of fused-ring (bicyclic) bond motifs is 1. The highest BCUT2D eigenvalue weighted by atomic mass is 19.4. The van der Waals surface area contributed by atoms with Crippen molar-refractivity contribution in [3.63, 3.8) is 0 Å². The van der Waals surface area contributed by atoms with Crippen LogP contribution in [0, 0.1) is 5.41 Å². The predicted molar refractivity (Wildman–Crippen MR) is 119 cm³/mol. The minimum Gasteiger partial charge on any atom is -0.465 e. The van der Waals surface area contributed by atoms with Crippen LogP contribution in [0.3, 0.4) is 0 Å². The summed E-state index contributed by atoms with van der Waals surface area (Å²) in [5.41, 5.74) is 0.832. The Hall–Kier alpha value is -3.43. The van der Waals surface area contributed by atoms with E-state index in [9.17, 15) is 27.9 Å². The predicted octanol–water partition coefficient (Wildman–Crippen LogP) is 5.72. The van der Waals surface area contributed by atoms with E-state index < -0.39 is 29.2 Å². The summed E-state index contributed by atoms with van der Waals surface area (Å²) >= 11 is 0. The van der Waals surface area contributed by atoms with E-state index in [2.05, 4.69) is 4.74 Å². The number of carboxylic acid groups (broad SMARTS) is 1. The summed E-state index contributed by atoms with van der Waals surface area (Å²) in [7, 11) is 0. The number of rotatable bonds is 4. The van der Waals surface area contributed by atoms with Crippen molar-refractivity contribution in [3.8, 4) is 16.9 Å². The van der Waals surface area contributed by atoms with Gasteiger partial charge in [-0.2, -0.15) is 0 Å². The summed E-state index contributed by atoms with van der Waals surface area (Å²) in [6.07, 6.45) is -4.52. The molecule has 0 radical (unpaired) electrons. The van der Waals surface area contributed by atoms with Crippen LogP contribution in [0.25, 0.3) is 22.2 Å². The molecule has 2 heterocycles. The van der Waals surface area contributed by atoms with E-state index in [1.54, 1.807) is 18.2 Å². The number of nitrogens with zero attached hydrogens (tertiary/aromatic N) is 2. The molecular weight excluding hydrogens is 453 g/mol. The summed E-state index contributed by atoms with van der Waals surface area (Å²) in [6, 6.07) is 10.5. The standard InChI is InChI=1S/C24H25F3N2O5/c1-22(2,3)23(11-4-12-29(23)20(30)31)14-28-18-13-16(7-10-19(18)33-21(28)32)15-5-8-17(9-6-15)34-24(25,26)27/h5-10,13H,4,11-12,14H2,1-3H3,(H,30,31)/t23-/m0/s1. The van der Waals surface area contributed by atoms with Crippen molar-refractivity contribution in [1.29, 1.82) is 0 Å². The maximum atomic E-state index is 12.8. The van der Waals surface area contributed by atoms with Gasteiger partial charge in [0, 0.05) is 6.54 Å². The molecule has 7 nitrogen and oxygen atoms in total. The molecule has 3 aromatic rings. The van der Waals surface area contributed by atoms with Crippen molar-refractivity contribution < 1.29 is 32.2 Å². The zero-order valence-corrected chi connectivity index (χ0v) is 19.0. The van der Waals surface area contributed by atoms with Crippen LogP contribution in [0.1, 0.15) is 33.6 Å². The average Bonchev–Trinajstić information content (AvgIpc) is 3.29. The number of oxazole rings is 1. The summed E-state index contributed by atoms with van der Waals surface area (Å²) in [6.45, 7) is 6.37. The lowest BCUT2D eigenvalue weighted by molar-refractivity contribution is -0.274. The molecule has 1 aliphatic heterocycles. The molecule has 34 heavy (non-hydrogen) atoms. The zero-order chi connectivity index (χ0) is 24.9. The fourth-order valence-corrected chi connectivity index (χ4v) is 4.84. The summed E-state index contributed by atoms with van der Waals surface area (Å²) in [5.74, 6) is -0.929. The fraction of sp³-hybridized carbons (Fsp3) is 0.417. The monoisotopic (exact) mass is 478 g/mol. The van der Waals surface area contributed by atoms with Gasteiger partial charge in [-0.25, -0.2) is 9.59 Å². The molecule has 10 heteroatoms. The molecule has 0 bridgehead atoms. The van der Waals surface area contributed by atoms with Gasteiger partial charge in [0.1, 0.15) is 5.75 Å². The third-order valence-corrected chi connectivity index (χ3v) is 6.62. The molecule has 4 rings (SSSR count). The van der Waals surface area contributed by atoms with Gasteiger partial charge in [0.2, 0.25) is 0 Å². The van der Waals surface area contributed by atoms with Gasteiger partial charge >= 0.3 is 18.2 Å². The number of alkyl halides is 3. The second-order valence-corrected chi connectivity index (χ2v) is 9.53. The number of ether oxygens (including phenoxy) is 1. The van der Waals surface area contributed by atoms with Crippen LogP contribution < -0.4 is 10.5 Å². The Morgan fingerprint density at radius 2 is 1.76 bits per heavy atom. The normalized spacial score (nSPS) is 19.1. The maximum Gasteiger partial charge on any atom is 0.573 e. The van der Waals surface area contributed by atoms with E-state index >= 15 is 0 Å². The number of carbonyl (C=O) groups is 1. The van der Waals surface area contributed by atoms with Gasteiger partial charge < -0.3 is 19.2 Å². The molecule has 1 atom stereocenters. The van der Waals surface area contributed by atoms with Gasteiger partial charge in [0.05, 0.1) is 17.6 Å². The third kappa shape index (κ3) is 4.24. The molecule has 0 unspecified atom stereocenters. The molecule has 1 N–H and O–H groups in total. The first-order valence-corrected chi connectivity index (χ1v) is 10.8. The number of benzene rings is 2. The molecule has 182 valence electrons. The van der Waals surface area contributed by atoms with Gasteiger partial charge in [0.25, 0.3) is 0 Å². The largest absolute Gasteiger partial charge is 0.573 e. The highest BCUT2D eigenvalue weighted by Crippen LogP contribution is 2.45. The fourth-order valence-electron chi connectivity index (χ4n) is 4.84. The number of amides is 1. The minimum absolute atomic E-state index is 0.121. The first kappa shape index (κ1) is 23.7. The maximum absolute atomic E-state index is 12.8. The highest BCUT2D eigenvalue weighted by molar-refractivity contribution is 5.81. The Labute approximate surface area is 193 Å². The van der Waals surface area contributed by atoms with Gasteiger partial charge in [-0.15, -0.1) is 13.2 Å². The number of hydrogen-bond acceptors (Lipinski definition) is 4. The van der Waals surface area contributed by atoms with Crippen molar-refractivity contribution in [2.24, 2.45) is 5.41 Å². The zero-order valence-electron chi connectivity index (χ0n) is 19.0. The van der Waals surface area contributed by atoms with Gasteiger partial charge in [0.15, 0.2) is 5.58 Å². The van der Waals surface area contributed by atoms with Crippen molar-refractivity contribution in [2.45, 2.75) is 52.1 Å². The van der Waals surface area contributed by atoms with Crippen LogP contribution in [0.2, 0.25) is 0 Å². The van der Waals surface area contributed by atoms with E-state index in [1.807, 2.05) is 20.8 Å². The van der Waals surface area contributed by atoms with Crippen LogP contribution in [0.4, 0.5) is 18.0 Å². The summed E-state index contributed by atoms with van der Waals surface area (Å²) in [4.78, 5) is 26.3. The van der Waals surface area contributed by atoms with Crippen LogP contribution in [-0.4, -0.2) is 39.1 Å². The molecule has 0 aliphatic carbocycles. The van der Waals surface area contributed by atoms with Crippen molar-refractivity contribution in [3.05, 3.63) is 53.0 Å². The van der Waals surface area contributed by atoms with E-state index in [-0.39, 0.29) is 12.3 Å². The molecule has 1 aromatic heterocycles. The smallest absolute Gasteiger partial charge is 0.465 e. The molecule has 1 aliphatic rings. The van der Waals surface area contributed by atoms with Crippen LogP contribution in [-0.2, 0) is 6.54 Å². The Kier molecular flexibility index (Phi) is 5.65. The molecule has 2 aromatic carbocycles. The van der Waals surface area contributed by atoms with E-state index in [0.717, 1.165) is 0 Å². The lowest BCUT2D eigenvalue weighted by Crippen LogP contribution is -2.58. The Balaban J connectivity index is 1.75. The Morgan fingerprint density at radius 3 is 2.35 bits per heavy atom. The van der Waals surface area contributed by atoms with Crippen molar-refractivity contribution >= 4 is 17.2 Å². The number of hydrogen-bond donors (Lipinski definition) is 1. The third-order valence-electron chi connectivity index (χ3n) is 6.62. The van der Waals surface area contributed by atoms with E-state index in [0.29, 0.717) is 41.6 Å². The molecule has 0 saturated carbocycles. The van der Waals surface area contributed by atoms with Gasteiger partial charge in [-0.3, -0.25) is 4.57 Å². The van der Waals surface area contributed by atoms with Crippen molar-refractivity contribution in [2.75, 3.05) is 6.54 Å². The number of likely N-dealkylation sites (tertiary alicyclic amines) is 1. The Morgan fingerprint density at radius 1 is 1.12 bits per heavy atom. The van der Waals surface area contributed by atoms with Crippen LogP contribution in [0.5, 0.6) is 5.75 Å². The lowest BCUT2D eigenvalue weighted by Gasteiger charge is -2.47. The molecule has 1 amide bonds. The van der Waals surface area contributed by atoms with Crippen LogP contribution in [0.15, 0.2) is 51.7 Å². The molecule has 1 fully saturated rings. The highest BCUT2D eigenvalue weighted by Gasteiger charge is 2.52.